The molecule has 0 fully saturated rings. The molecule has 0 aliphatic rings. The molecule has 0 unspecified atom stereocenters. The Labute approximate surface area is 58.7 Å². The first-order chi connectivity index (χ1) is 4.70. The summed E-state index contributed by atoms with van der Waals surface area (Å²) in [6.45, 7) is 5.04. The number of esters is 1. The first-order valence-electron chi connectivity index (χ1n) is 2.71. The maximum absolute atomic E-state index is 10.4. The zero-order valence-corrected chi connectivity index (χ0v) is 5.65. The Kier molecular flexibility index (Phi) is 3.84. The van der Waals surface area contributed by atoms with Crippen LogP contribution >= 0.6 is 0 Å². The highest BCUT2D eigenvalue weighted by molar-refractivity contribution is 6.20. The Hall–Kier alpha value is -1.41. The van der Waals surface area contributed by atoms with Crippen LogP contribution in [0, 0.1) is 0 Å². The summed E-state index contributed by atoms with van der Waals surface area (Å²) in [7, 11) is 0. The SMILES string of the molecule is C=C[C@@H](C)OC(=O)C=[N+]=[N-]. The second kappa shape index (κ2) is 4.47. The Morgan fingerprint density at radius 1 is 1.90 bits per heavy atom. The molecular formula is C6H8N2O2. The molecule has 0 saturated carbocycles. The lowest BCUT2D eigenvalue weighted by molar-refractivity contribution is -0.141. The molecule has 0 spiro atoms. The summed E-state index contributed by atoms with van der Waals surface area (Å²) in [5.41, 5.74) is 7.87. The highest BCUT2D eigenvalue weighted by Crippen LogP contribution is 1.89. The normalized spacial score (nSPS) is 10.9. The van der Waals surface area contributed by atoms with E-state index in [4.69, 9.17) is 5.53 Å². The molecule has 54 valence electrons. The van der Waals surface area contributed by atoms with Crippen LogP contribution in [-0.2, 0) is 9.53 Å². The van der Waals surface area contributed by atoms with Gasteiger partial charge in [-0.25, -0.2) is 4.79 Å². The van der Waals surface area contributed by atoms with E-state index in [0.717, 1.165) is 0 Å². The van der Waals surface area contributed by atoms with Crippen LogP contribution in [0.2, 0.25) is 0 Å². The molecular weight excluding hydrogens is 132 g/mol. The molecule has 0 aromatic heterocycles. The van der Waals surface area contributed by atoms with Crippen LogP contribution in [-0.4, -0.2) is 23.1 Å². The predicted molar refractivity (Wildman–Crippen MR) is 35.4 cm³/mol. The van der Waals surface area contributed by atoms with E-state index in [1.165, 1.54) is 6.08 Å². The van der Waals surface area contributed by atoms with E-state index >= 15 is 0 Å². The Morgan fingerprint density at radius 3 is 2.90 bits per heavy atom. The molecule has 1 atom stereocenters. The first kappa shape index (κ1) is 8.59. The maximum Gasteiger partial charge on any atom is 0.414 e. The van der Waals surface area contributed by atoms with Crippen molar-refractivity contribution in [1.82, 2.24) is 0 Å². The third-order valence-electron chi connectivity index (χ3n) is 0.797. The topological polar surface area (TPSA) is 62.7 Å². The standard InChI is InChI=1S/C6H8N2O2/c1-3-5(2)10-6(9)4-8-7/h3-5H,1H2,2H3/t5-/m1/s1. The van der Waals surface area contributed by atoms with Gasteiger partial charge in [0.2, 0.25) is 0 Å². The Bertz CT molecular complexity index is 182. The number of ether oxygens (including phenoxy) is 1. The summed E-state index contributed by atoms with van der Waals surface area (Å²) in [6, 6.07) is 0. The van der Waals surface area contributed by atoms with Gasteiger partial charge in [0, 0.05) is 0 Å². The van der Waals surface area contributed by atoms with E-state index in [1.54, 1.807) is 6.92 Å². The smallest absolute Gasteiger partial charge is 0.414 e. The van der Waals surface area contributed by atoms with E-state index in [9.17, 15) is 4.79 Å². The van der Waals surface area contributed by atoms with Crippen LogP contribution in [0.1, 0.15) is 6.92 Å². The molecule has 4 heteroatoms. The summed E-state index contributed by atoms with van der Waals surface area (Å²) in [5.74, 6) is -0.685. The molecule has 0 saturated heterocycles. The van der Waals surface area contributed by atoms with Gasteiger partial charge in [0.05, 0.1) is 0 Å². The largest absolute Gasteiger partial charge is 0.450 e. The summed E-state index contributed by atoms with van der Waals surface area (Å²) < 4.78 is 4.57. The van der Waals surface area contributed by atoms with Gasteiger partial charge in [-0.2, -0.15) is 4.79 Å². The van der Waals surface area contributed by atoms with Crippen LogP contribution < -0.4 is 0 Å². The third kappa shape index (κ3) is 3.57. The number of hydrogen-bond donors (Lipinski definition) is 0. The van der Waals surface area contributed by atoms with E-state index in [2.05, 4.69) is 16.1 Å². The minimum absolute atomic E-state index is 0.356. The van der Waals surface area contributed by atoms with Crippen molar-refractivity contribution in [1.29, 1.82) is 0 Å². The van der Waals surface area contributed by atoms with Crippen LogP contribution in [0.3, 0.4) is 0 Å². The zero-order valence-electron chi connectivity index (χ0n) is 5.65. The Balaban J connectivity index is 3.78. The van der Waals surface area contributed by atoms with E-state index in [0.29, 0.717) is 6.21 Å². The molecule has 0 radical (unpaired) electrons. The van der Waals surface area contributed by atoms with Crippen molar-refractivity contribution in [3.63, 3.8) is 0 Å². The maximum atomic E-state index is 10.4. The molecule has 0 heterocycles. The van der Waals surface area contributed by atoms with Crippen molar-refractivity contribution < 1.29 is 14.3 Å². The van der Waals surface area contributed by atoms with Crippen LogP contribution in [0.25, 0.3) is 5.53 Å². The molecule has 0 aromatic rings. The lowest BCUT2D eigenvalue weighted by Gasteiger charge is -2.01. The van der Waals surface area contributed by atoms with Gasteiger partial charge < -0.3 is 10.3 Å². The lowest BCUT2D eigenvalue weighted by Crippen LogP contribution is -2.13. The number of carbonyl (C=O) groups excluding carboxylic acids is 1. The van der Waals surface area contributed by atoms with Crippen molar-refractivity contribution >= 4 is 12.2 Å². The summed E-state index contributed by atoms with van der Waals surface area (Å²) >= 11 is 0. The van der Waals surface area contributed by atoms with E-state index in [1.807, 2.05) is 0 Å². The molecule has 0 aliphatic heterocycles. The number of hydrogen-bond acceptors (Lipinski definition) is 2. The van der Waals surface area contributed by atoms with Gasteiger partial charge in [-0.15, -0.1) is 0 Å². The molecule has 10 heavy (non-hydrogen) atoms. The van der Waals surface area contributed by atoms with Gasteiger partial charge in [0.25, 0.3) is 0 Å². The summed E-state index contributed by atoms with van der Waals surface area (Å²) in [5, 5.41) is 0. The number of carbonyl (C=O) groups is 1. The third-order valence-corrected chi connectivity index (χ3v) is 0.797. The van der Waals surface area contributed by atoms with E-state index in [-0.39, 0.29) is 6.10 Å². The average molecular weight is 140 g/mol. The fourth-order valence-electron chi connectivity index (χ4n) is 0.309. The second-order valence-corrected chi connectivity index (χ2v) is 1.62. The number of nitrogens with zero attached hydrogens (tertiary/aromatic N) is 2. The average Bonchev–Trinajstić information content (AvgIpc) is 1.88. The highest BCUT2D eigenvalue weighted by Gasteiger charge is 2.05. The van der Waals surface area contributed by atoms with Crippen LogP contribution in [0.5, 0.6) is 0 Å². The highest BCUT2D eigenvalue weighted by atomic mass is 16.5. The van der Waals surface area contributed by atoms with Crippen LogP contribution in [0.15, 0.2) is 12.7 Å². The predicted octanol–water partition coefficient (Wildman–Crippen LogP) is 0.405. The Morgan fingerprint density at radius 2 is 2.50 bits per heavy atom. The van der Waals surface area contributed by atoms with Crippen molar-refractivity contribution in [2.75, 3.05) is 0 Å². The fraction of sp³-hybridized carbons (Fsp3) is 0.333. The van der Waals surface area contributed by atoms with Crippen LogP contribution in [0.4, 0.5) is 0 Å². The van der Waals surface area contributed by atoms with Gasteiger partial charge in [0.1, 0.15) is 6.10 Å². The van der Waals surface area contributed by atoms with Gasteiger partial charge in [-0.1, -0.05) is 12.7 Å². The molecule has 0 amide bonds. The monoisotopic (exact) mass is 140 g/mol. The molecule has 0 N–H and O–H groups in total. The summed E-state index contributed by atoms with van der Waals surface area (Å²) in [6.07, 6.45) is 1.79. The molecule has 0 aliphatic carbocycles. The van der Waals surface area contributed by atoms with Gasteiger partial charge in [-0.3, -0.25) is 0 Å². The number of rotatable bonds is 3. The zero-order chi connectivity index (χ0) is 7.98. The minimum atomic E-state index is -0.685. The quantitative estimate of drug-likeness (QED) is 0.187. The molecule has 0 bridgehead atoms. The van der Waals surface area contributed by atoms with Crippen molar-refractivity contribution in [2.24, 2.45) is 0 Å². The first-order valence-corrected chi connectivity index (χ1v) is 2.71. The molecule has 0 rings (SSSR count). The summed E-state index contributed by atoms with van der Waals surface area (Å²) in [4.78, 5) is 12.9. The van der Waals surface area contributed by atoms with Crippen molar-refractivity contribution in [2.45, 2.75) is 13.0 Å². The van der Waals surface area contributed by atoms with Gasteiger partial charge in [-0.05, 0) is 6.92 Å². The van der Waals surface area contributed by atoms with Gasteiger partial charge in [0.15, 0.2) is 0 Å². The lowest BCUT2D eigenvalue weighted by atomic mass is 10.4. The fourth-order valence-corrected chi connectivity index (χ4v) is 0.309. The second-order valence-electron chi connectivity index (χ2n) is 1.62. The van der Waals surface area contributed by atoms with Crippen molar-refractivity contribution in [3.8, 4) is 0 Å². The van der Waals surface area contributed by atoms with E-state index < -0.39 is 5.97 Å². The van der Waals surface area contributed by atoms with Crippen molar-refractivity contribution in [3.05, 3.63) is 18.2 Å². The molecule has 0 aromatic carbocycles. The van der Waals surface area contributed by atoms with Gasteiger partial charge >= 0.3 is 12.2 Å². The molecule has 4 nitrogen and oxygen atoms in total. The minimum Gasteiger partial charge on any atom is -0.450 e.